The Morgan fingerprint density at radius 2 is 2.22 bits per heavy atom. The van der Waals surface area contributed by atoms with Gasteiger partial charge in [-0.3, -0.25) is 9.78 Å². The largest absolute Gasteiger partial charge is 0.348 e. The van der Waals surface area contributed by atoms with Crippen molar-refractivity contribution in [1.29, 1.82) is 0 Å². The van der Waals surface area contributed by atoms with E-state index in [1.807, 2.05) is 12.1 Å². The Hall–Kier alpha value is -1.52. The van der Waals surface area contributed by atoms with E-state index in [9.17, 15) is 4.79 Å². The van der Waals surface area contributed by atoms with Gasteiger partial charge in [-0.25, -0.2) is 0 Å². The van der Waals surface area contributed by atoms with Crippen molar-refractivity contribution in [3.05, 3.63) is 58.9 Å². The van der Waals surface area contributed by atoms with Gasteiger partial charge in [-0.2, -0.15) is 0 Å². The number of carbonyl (C=O) groups is 1. The molecular formula is C13H11ClN2OS. The van der Waals surface area contributed by atoms with Crippen LogP contribution in [0.1, 0.15) is 15.9 Å². The van der Waals surface area contributed by atoms with Crippen LogP contribution in [0.2, 0.25) is 5.02 Å². The Labute approximate surface area is 116 Å². The lowest BCUT2D eigenvalue weighted by atomic mass is 10.2. The van der Waals surface area contributed by atoms with Gasteiger partial charge in [0.1, 0.15) is 0 Å². The molecule has 1 heterocycles. The van der Waals surface area contributed by atoms with Gasteiger partial charge in [0.2, 0.25) is 0 Å². The Kier molecular flexibility index (Phi) is 4.23. The lowest BCUT2D eigenvalue weighted by Gasteiger charge is -2.07. The monoisotopic (exact) mass is 278 g/mol. The number of carbonyl (C=O) groups excluding carboxylic acids is 1. The quantitative estimate of drug-likeness (QED) is 0.848. The number of amides is 1. The summed E-state index contributed by atoms with van der Waals surface area (Å²) in [6.07, 6.45) is 3.39. The fourth-order valence-corrected chi connectivity index (χ4v) is 1.87. The highest BCUT2D eigenvalue weighted by Gasteiger charge is 2.10. The van der Waals surface area contributed by atoms with E-state index in [1.165, 1.54) is 0 Å². The lowest BCUT2D eigenvalue weighted by Crippen LogP contribution is -2.23. The van der Waals surface area contributed by atoms with Crippen LogP contribution in [0.25, 0.3) is 0 Å². The summed E-state index contributed by atoms with van der Waals surface area (Å²) in [5, 5.41) is 3.20. The second-order valence-corrected chi connectivity index (χ2v) is 4.63. The van der Waals surface area contributed by atoms with Crippen LogP contribution in [0.3, 0.4) is 0 Å². The minimum absolute atomic E-state index is 0.222. The Balaban J connectivity index is 2.06. The summed E-state index contributed by atoms with van der Waals surface area (Å²) in [7, 11) is 0. The molecular weight excluding hydrogens is 268 g/mol. The first-order chi connectivity index (χ1) is 8.66. The minimum Gasteiger partial charge on any atom is -0.348 e. The van der Waals surface area contributed by atoms with Crippen molar-refractivity contribution < 1.29 is 4.79 Å². The molecule has 18 heavy (non-hydrogen) atoms. The summed E-state index contributed by atoms with van der Waals surface area (Å²) in [5.41, 5.74) is 1.36. The van der Waals surface area contributed by atoms with Gasteiger partial charge in [-0.1, -0.05) is 17.7 Å². The molecule has 0 atom stereocenters. The molecule has 1 aromatic heterocycles. The van der Waals surface area contributed by atoms with E-state index in [1.54, 1.807) is 30.6 Å². The average Bonchev–Trinajstić information content (AvgIpc) is 2.40. The number of hydrogen-bond donors (Lipinski definition) is 2. The van der Waals surface area contributed by atoms with Crippen LogP contribution in [0.4, 0.5) is 0 Å². The Morgan fingerprint density at radius 1 is 1.39 bits per heavy atom. The minimum atomic E-state index is -0.222. The van der Waals surface area contributed by atoms with Gasteiger partial charge in [0.05, 0.1) is 10.6 Å². The smallest absolute Gasteiger partial charge is 0.253 e. The predicted octanol–water partition coefficient (Wildman–Crippen LogP) is 2.95. The van der Waals surface area contributed by atoms with Gasteiger partial charge in [0, 0.05) is 23.8 Å². The Bertz CT molecular complexity index is 560. The van der Waals surface area contributed by atoms with Crippen molar-refractivity contribution in [1.82, 2.24) is 10.3 Å². The molecule has 0 radical (unpaired) electrons. The zero-order valence-corrected chi connectivity index (χ0v) is 11.1. The van der Waals surface area contributed by atoms with Crippen LogP contribution in [0.15, 0.2) is 47.6 Å². The van der Waals surface area contributed by atoms with E-state index in [0.717, 1.165) is 5.56 Å². The molecule has 0 aliphatic heterocycles. The number of thiol groups is 1. The van der Waals surface area contributed by atoms with Crippen molar-refractivity contribution in [3.63, 3.8) is 0 Å². The number of benzene rings is 1. The number of aromatic nitrogens is 1. The van der Waals surface area contributed by atoms with Crippen LogP contribution < -0.4 is 5.32 Å². The van der Waals surface area contributed by atoms with Crippen LogP contribution >= 0.6 is 24.2 Å². The van der Waals surface area contributed by atoms with Gasteiger partial charge < -0.3 is 5.32 Å². The van der Waals surface area contributed by atoms with Crippen molar-refractivity contribution >= 4 is 30.1 Å². The van der Waals surface area contributed by atoms with Crippen LogP contribution in [-0.4, -0.2) is 10.9 Å². The van der Waals surface area contributed by atoms with E-state index >= 15 is 0 Å². The topological polar surface area (TPSA) is 42.0 Å². The second-order valence-electron chi connectivity index (χ2n) is 3.71. The molecule has 0 spiro atoms. The SMILES string of the molecule is O=C(NCc1cccnc1)c1cc(S)ccc1Cl. The molecule has 2 aromatic rings. The lowest BCUT2D eigenvalue weighted by molar-refractivity contribution is 0.0951. The maximum atomic E-state index is 11.9. The predicted molar refractivity (Wildman–Crippen MR) is 74.1 cm³/mol. The Morgan fingerprint density at radius 3 is 2.94 bits per heavy atom. The summed E-state index contributed by atoms with van der Waals surface area (Å²) in [4.78, 5) is 16.6. The number of pyridine rings is 1. The molecule has 2 rings (SSSR count). The summed E-state index contributed by atoms with van der Waals surface area (Å²) in [5.74, 6) is -0.222. The zero-order valence-electron chi connectivity index (χ0n) is 9.43. The molecule has 0 aliphatic carbocycles. The highest BCUT2D eigenvalue weighted by molar-refractivity contribution is 7.80. The molecule has 5 heteroatoms. The van der Waals surface area contributed by atoms with Crippen molar-refractivity contribution in [3.8, 4) is 0 Å². The fraction of sp³-hybridized carbons (Fsp3) is 0.0769. The molecule has 0 saturated carbocycles. The molecule has 92 valence electrons. The fourth-order valence-electron chi connectivity index (χ4n) is 1.47. The molecule has 0 bridgehead atoms. The van der Waals surface area contributed by atoms with Gasteiger partial charge in [-0.05, 0) is 29.8 Å². The number of hydrogen-bond acceptors (Lipinski definition) is 3. The van der Waals surface area contributed by atoms with Crippen LogP contribution in [0.5, 0.6) is 0 Å². The van der Waals surface area contributed by atoms with Crippen molar-refractivity contribution in [2.45, 2.75) is 11.4 Å². The normalized spacial score (nSPS) is 10.1. The molecule has 0 aliphatic rings. The molecule has 1 aromatic carbocycles. The first kappa shape index (κ1) is 12.9. The molecule has 1 N–H and O–H groups in total. The summed E-state index contributed by atoms with van der Waals surface area (Å²) >= 11 is 10.2. The number of rotatable bonds is 3. The summed E-state index contributed by atoms with van der Waals surface area (Å²) < 4.78 is 0. The summed E-state index contributed by atoms with van der Waals surface area (Å²) in [6, 6.07) is 8.75. The highest BCUT2D eigenvalue weighted by atomic mass is 35.5. The van der Waals surface area contributed by atoms with E-state index < -0.39 is 0 Å². The number of nitrogens with one attached hydrogen (secondary N) is 1. The maximum absolute atomic E-state index is 11.9. The van der Waals surface area contributed by atoms with Gasteiger partial charge in [0.25, 0.3) is 5.91 Å². The maximum Gasteiger partial charge on any atom is 0.253 e. The molecule has 0 unspecified atom stereocenters. The zero-order chi connectivity index (χ0) is 13.0. The molecule has 3 nitrogen and oxygen atoms in total. The summed E-state index contributed by atoms with van der Waals surface area (Å²) in [6.45, 7) is 0.416. The second kappa shape index (κ2) is 5.89. The molecule has 1 amide bonds. The van der Waals surface area contributed by atoms with E-state index in [2.05, 4.69) is 22.9 Å². The number of nitrogens with zero attached hydrogens (tertiary/aromatic N) is 1. The van der Waals surface area contributed by atoms with Crippen molar-refractivity contribution in [2.75, 3.05) is 0 Å². The van der Waals surface area contributed by atoms with E-state index in [-0.39, 0.29) is 5.91 Å². The van der Waals surface area contributed by atoms with Crippen LogP contribution in [0, 0.1) is 0 Å². The third-order valence-electron chi connectivity index (χ3n) is 2.37. The standard InChI is InChI=1S/C13H11ClN2OS/c14-12-4-3-10(18)6-11(12)13(17)16-8-9-2-1-5-15-7-9/h1-7,18H,8H2,(H,16,17). The first-order valence-electron chi connectivity index (χ1n) is 5.32. The average molecular weight is 279 g/mol. The van der Waals surface area contributed by atoms with Gasteiger partial charge in [0.15, 0.2) is 0 Å². The third-order valence-corrected chi connectivity index (χ3v) is 2.98. The molecule has 0 fully saturated rings. The highest BCUT2D eigenvalue weighted by Crippen LogP contribution is 2.19. The van der Waals surface area contributed by atoms with E-state index in [0.29, 0.717) is 22.0 Å². The number of halogens is 1. The molecule has 0 saturated heterocycles. The third kappa shape index (κ3) is 3.24. The van der Waals surface area contributed by atoms with Crippen LogP contribution in [-0.2, 0) is 6.54 Å². The first-order valence-corrected chi connectivity index (χ1v) is 6.15. The van der Waals surface area contributed by atoms with Gasteiger partial charge >= 0.3 is 0 Å². The van der Waals surface area contributed by atoms with Crippen molar-refractivity contribution in [2.24, 2.45) is 0 Å². The van der Waals surface area contributed by atoms with Gasteiger partial charge in [-0.15, -0.1) is 12.6 Å². The van der Waals surface area contributed by atoms with E-state index in [4.69, 9.17) is 11.6 Å².